The molecular weight excluding hydrogens is 343 g/mol. The minimum Gasteiger partial charge on any atom is -0.290 e. The van der Waals surface area contributed by atoms with Gasteiger partial charge in [0.05, 0.1) is 24.9 Å². The van der Waals surface area contributed by atoms with Crippen LogP contribution in [-0.2, 0) is 0 Å². The quantitative estimate of drug-likeness (QED) is 0.520. The molecule has 0 saturated heterocycles. The molecule has 0 saturated carbocycles. The highest BCUT2D eigenvalue weighted by molar-refractivity contribution is 9.10. The molecule has 0 unspecified atom stereocenters. The highest BCUT2D eigenvalue weighted by Crippen LogP contribution is 2.57. The summed E-state index contributed by atoms with van der Waals surface area (Å²) in [4.78, 5) is 12.7. The zero-order valence-electron chi connectivity index (χ0n) is 12.6. The van der Waals surface area contributed by atoms with Crippen molar-refractivity contribution in [2.45, 2.75) is 13.8 Å². The standard InChI is InChI=1S/C18H21BrOP/c1-3-21(4-2,17-8-6-5-7-9-17)14-18(20)15-10-12-16(19)13-11-15/h5-13H,3-4,14H2,1-2H3/q+1. The maximum Gasteiger partial charge on any atom is 0.200 e. The molecule has 0 amide bonds. The molecule has 3 heteroatoms. The zero-order valence-corrected chi connectivity index (χ0v) is 15.0. The summed E-state index contributed by atoms with van der Waals surface area (Å²) >= 11 is 3.42. The van der Waals surface area contributed by atoms with E-state index in [0.717, 1.165) is 22.4 Å². The Balaban J connectivity index is 2.28. The number of benzene rings is 2. The summed E-state index contributed by atoms with van der Waals surface area (Å²) in [6, 6.07) is 18.3. The van der Waals surface area contributed by atoms with Gasteiger partial charge in [-0.1, -0.05) is 46.3 Å². The molecule has 1 nitrogen and oxygen atoms in total. The summed E-state index contributed by atoms with van der Waals surface area (Å²) in [7, 11) is -1.41. The molecule has 0 aliphatic heterocycles. The molecule has 21 heavy (non-hydrogen) atoms. The van der Waals surface area contributed by atoms with Gasteiger partial charge in [-0.05, 0) is 38.1 Å². The lowest BCUT2D eigenvalue weighted by atomic mass is 10.2. The third-order valence-corrected chi connectivity index (χ3v) is 9.36. The molecule has 0 aliphatic rings. The summed E-state index contributed by atoms with van der Waals surface area (Å²) in [6.45, 7) is 4.44. The smallest absolute Gasteiger partial charge is 0.200 e. The molecule has 0 heterocycles. The molecule has 0 radical (unpaired) electrons. The van der Waals surface area contributed by atoms with Crippen LogP contribution in [0.1, 0.15) is 24.2 Å². The Morgan fingerprint density at radius 2 is 1.52 bits per heavy atom. The van der Waals surface area contributed by atoms with Crippen molar-refractivity contribution in [2.75, 3.05) is 18.5 Å². The lowest BCUT2D eigenvalue weighted by Crippen LogP contribution is -2.23. The largest absolute Gasteiger partial charge is 0.290 e. The molecule has 0 fully saturated rings. The lowest BCUT2D eigenvalue weighted by Gasteiger charge is -2.24. The maximum absolute atomic E-state index is 12.7. The van der Waals surface area contributed by atoms with Gasteiger partial charge < -0.3 is 0 Å². The fourth-order valence-corrected chi connectivity index (χ4v) is 6.26. The fourth-order valence-electron chi connectivity index (χ4n) is 2.65. The predicted molar refractivity (Wildman–Crippen MR) is 97.4 cm³/mol. The van der Waals surface area contributed by atoms with Crippen molar-refractivity contribution in [3.05, 3.63) is 64.6 Å². The molecule has 0 bridgehead atoms. The van der Waals surface area contributed by atoms with Gasteiger partial charge in [-0.3, -0.25) is 4.79 Å². The Hall–Kier alpha value is -0.980. The number of carbonyl (C=O) groups is 1. The van der Waals surface area contributed by atoms with Gasteiger partial charge in [0.25, 0.3) is 0 Å². The van der Waals surface area contributed by atoms with Crippen LogP contribution in [0.3, 0.4) is 0 Å². The average molecular weight is 364 g/mol. The van der Waals surface area contributed by atoms with E-state index in [0.29, 0.717) is 6.16 Å². The second-order valence-electron chi connectivity index (χ2n) is 5.20. The highest BCUT2D eigenvalue weighted by Gasteiger charge is 2.38. The Bertz CT molecular complexity index is 588. The second-order valence-corrected chi connectivity index (χ2v) is 10.5. The number of hydrogen-bond acceptors (Lipinski definition) is 1. The number of carbonyl (C=O) groups excluding carboxylic acids is 1. The summed E-state index contributed by atoms with van der Waals surface area (Å²) in [5.74, 6) is 0.267. The summed E-state index contributed by atoms with van der Waals surface area (Å²) in [6.07, 6.45) is 2.83. The third-order valence-electron chi connectivity index (χ3n) is 4.13. The monoisotopic (exact) mass is 363 g/mol. The Morgan fingerprint density at radius 1 is 0.952 bits per heavy atom. The van der Waals surface area contributed by atoms with Gasteiger partial charge in [-0.25, -0.2) is 0 Å². The van der Waals surface area contributed by atoms with Gasteiger partial charge in [0.15, 0.2) is 5.78 Å². The number of ketones is 1. The van der Waals surface area contributed by atoms with Crippen LogP contribution in [-0.4, -0.2) is 24.3 Å². The normalized spacial score (nSPS) is 11.4. The van der Waals surface area contributed by atoms with E-state index < -0.39 is 7.26 Å². The molecule has 0 N–H and O–H groups in total. The predicted octanol–water partition coefficient (Wildman–Crippen LogP) is 5.01. The highest BCUT2D eigenvalue weighted by atomic mass is 79.9. The maximum atomic E-state index is 12.7. The van der Waals surface area contributed by atoms with Crippen LogP contribution in [0.15, 0.2) is 59.1 Å². The summed E-state index contributed by atoms with van der Waals surface area (Å²) in [5, 5.41) is 1.38. The van der Waals surface area contributed by atoms with Crippen LogP contribution >= 0.6 is 23.2 Å². The molecule has 0 spiro atoms. The zero-order chi connectivity index (χ0) is 15.3. The van der Waals surface area contributed by atoms with E-state index in [1.807, 2.05) is 30.3 Å². The Kier molecular flexibility index (Phi) is 5.72. The molecular formula is C18H21BrOP+. The topological polar surface area (TPSA) is 17.1 Å². The van der Waals surface area contributed by atoms with Crippen LogP contribution in [0, 0.1) is 0 Å². The molecule has 0 aromatic heterocycles. The van der Waals surface area contributed by atoms with Crippen molar-refractivity contribution in [1.82, 2.24) is 0 Å². The first-order valence-corrected chi connectivity index (χ1v) is 10.5. The van der Waals surface area contributed by atoms with Gasteiger partial charge in [-0.15, -0.1) is 0 Å². The van der Waals surface area contributed by atoms with Gasteiger partial charge in [-0.2, -0.15) is 0 Å². The first-order valence-electron chi connectivity index (χ1n) is 7.32. The van der Waals surface area contributed by atoms with E-state index in [1.165, 1.54) is 5.30 Å². The van der Waals surface area contributed by atoms with Crippen LogP contribution in [0.5, 0.6) is 0 Å². The van der Waals surface area contributed by atoms with E-state index in [9.17, 15) is 4.79 Å². The number of halogens is 1. The van der Waals surface area contributed by atoms with Crippen LogP contribution in [0.2, 0.25) is 0 Å². The van der Waals surface area contributed by atoms with Crippen molar-refractivity contribution in [3.8, 4) is 0 Å². The molecule has 2 aromatic rings. The van der Waals surface area contributed by atoms with E-state index in [4.69, 9.17) is 0 Å². The van der Waals surface area contributed by atoms with E-state index >= 15 is 0 Å². The van der Waals surface area contributed by atoms with Crippen molar-refractivity contribution in [3.63, 3.8) is 0 Å². The molecule has 0 atom stereocenters. The van der Waals surface area contributed by atoms with E-state index in [-0.39, 0.29) is 5.78 Å². The molecule has 2 aromatic carbocycles. The van der Waals surface area contributed by atoms with Crippen molar-refractivity contribution in [1.29, 1.82) is 0 Å². The number of rotatable bonds is 6. The van der Waals surface area contributed by atoms with Crippen LogP contribution in [0.4, 0.5) is 0 Å². The van der Waals surface area contributed by atoms with E-state index in [2.05, 4.69) is 54.0 Å². The van der Waals surface area contributed by atoms with Gasteiger partial charge >= 0.3 is 0 Å². The van der Waals surface area contributed by atoms with Crippen molar-refractivity contribution >= 4 is 34.3 Å². The van der Waals surface area contributed by atoms with Gasteiger partial charge in [0.2, 0.25) is 0 Å². The van der Waals surface area contributed by atoms with Crippen LogP contribution < -0.4 is 5.30 Å². The second kappa shape index (κ2) is 7.33. The first kappa shape index (κ1) is 16.4. The lowest BCUT2D eigenvalue weighted by molar-refractivity contribution is 0.102. The van der Waals surface area contributed by atoms with E-state index in [1.54, 1.807) is 0 Å². The first-order chi connectivity index (χ1) is 10.1. The van der Waals surface area contributed by atoms with Crippen molar-refractivity contribution < 1.29 is 4.79 Å². The SMILES string of the molecule is CC[P+](CC)(CC(=O)c1ccc(Br)cc1)c1ccccc1. The summed E-state index contributed by atoms with van der Waals surface area (Å²) < 4.78 is 1.01. The van der Waals surface area contributed by atoms with Crippen molar-refractivity contribution in [2.24, 2.45) is 0 Å². The van der Waals surface area contributed by atoms with Gasteiger partial charge in [0.1, 0.15) is 6.16 Å². The average Bonchev–Trinajstić information content (AvgIpc) is 2.54. The summed E-state index contributed by atoms with van der Waals surface area (Å²) in [5.41, 5.74) is 0.820. The fraction of sp³-hybridized carbons (Fsp3) is 0.278. The Labute approximate surface area is 136 Å². The third kappa shape index (κ3) is 3.81. The number of hydrogen-bond donors (Lipinski definition) is 0. The minimum atomic E-state index is -1.41. The minimum absolute atomic E-state index is 0.267. The van der Waals surface area contributed by atoms with Crippen LogP contribution in [0.25, 0.3) is 0 Å². The van der Waals surface area contributed by atoms with Gasteiger partial charge in [0, 0.05) is 10.0 Å². The molecule has 0 aliphatic carbocycles. The molecule has 2 rings (SSSR count). The Morgan fingerprint density at radius 3 is 2.05 bits per heavy atom. The number of Topliss-reactive ketones (excluding diaryl/α,β-unsaturated/α-hetero) is 1. The molecule has 110 valence electrons.